The lowest BCUT2D eigenvalue weighted by Crippen LogP contribution is -2.36. The van der Waals surface area contributed by atoms with E-state index in [1.165, 1.54) is 19.3 Å². The molecule has 2 aromatic rings. The van der Waals surface area contributed by atoms with E-state index in [4.69, 9.17) is 18.9 Å². The number of amides is 1. The molecule has 3 aliphatic rings. The summed E-state index contributed by atoms with van der Waals surface area (Å²) in [5, 5.41) is 0. The summed E-state index contributed by atoms with van der Waals surface area (Å²) in [6, 6.07) is 11.7. The molecule has 0 bridgehead atoms. The maximum Gasteiger partial charge on any atom is 0.231 e. The Balaban J connectivity index is 1.30. The van der Waals surface area contributed by atoms with Crippen molar-refractivity contribution in [2.45, 2.75) is 38.8 Å². The minimum absolute atomic E-state index is 0.154. The number of rotatable bonds is 7. The molecule has 0 radical (unpaired) electrons. The molecule has 0 N–H and O–H groups in total. The van der Waals surface area contributed by atoms with E-state index in [1.807, 2.05) is 41.3 Å². The third-order valence-electron chi connectivity index (χ3n) is 6.06. The van der Waals surface area contributed by atoms with Crippen molar-refractivity contribution in [3.05, 3.63) is 47.5 Å². The normalized spacial score (nSPS) is 17.0. The lowest BCUT2D eigenvalue weighted by Gasteiger charge is -2.28. The number of nitrogens with zero attached hydrogens (tertiary/aromatic N) is 2. The van der Waals surface area contributed by atoms with Gasteiger partial charge in [-0.1, -0.05) is 18.6 Å². The summed E-state index contributed by atoms with van der Waals surface area (Å²) in [5.74, 6) is 3.13. The number of hydrogen-bond donors (Lipinski definition) is 0. The van der Waals surface area contributed by atoms with Gasteiger partial charge in [0.25, 0.3) is 0 Å². The van der Waals surface area contributed by atoms with E-state index in [2.05, 4.69) is 4.90 Å². The van der Waals surface area contributed by atoms with Crippen LogP contribution in [0.2, 0.25) is 0 Å². The van der Waals surface area contributed by atoms with Gasteiger partial charge in [-0.2, -0.15) is 0 Å². The van der Waals surface area contributed by atoms with Crippen LogP contribution in [0.5, 0.6) is 23.0 Å². The van der Waals surface area contributed by atoms with Gasteiger partial charge in [0.1, 0.15) is 0 Å². The Morgan fingerprint density at radius 2 is 1.32 bits per heavy atom. The Morgan fingerprint density at radius 3 is 1.90 bits per heavy atom. The summed E-state index contributed by atoms with van der Waals surface area (Å²) in [4.78, 5) is 17.6. The molecule has 0 spiro atoms. The Hall–Kier alpha value is -2.93. The van der Waals surface area contributed by atoms with Crippen molar-refractivity contribution >= 4 is 5.91 Å². The predicted molar refractivity (Wildman–Crippen MR) is 114 cm³/mol. The Bertz CT molecular complexity index is 882. The first-order valence-electron chi connectivity index (χ1n) is 11.0. The molecule has 7 nitrogen and oxygen atoms in total. The molecule has 0 unspecified atom stereocenters. The third kappa shape index (κ3) is 4.71. The van der Waals surface area contributed by atoms with Gasteiger partial charge in [-0.15, -0.1) is 0 Å². The average molecular weight is 424 g/mol. The molecule has 1 amide bonds. The second kappa shape index (κ2) is 9.06. The van der Waals surface area contributed by atoms with Crippen molar-refractivity contribution in [2.75, 3.05) is 33.2 Å². The van der Waals surface area contributed by atoms with Crippen LogP contribution in [0.25, 0.3) is 0 Å². The van der Waals surface area contributed by atoms with E-state index in [0.29, 0.717) is 19.5 Å². The first kappa shape index (κ1) is 20.0. The molecule has 1 saturated heterocycles. The topological polar surface area (TPSA) is 60.5 Å². The van der Waals surface area contributed by atoms with Crippen LogP contribution < -0.4 is 18.9 Å². The summed E-state index contributed by atoms with van der Waals surface area (Å²) in [7, 11) is 0. The van der Waals surface area contributed by atoms with Crippen molar-refractivity contribution in [3.8, 4) is 23.0 Å². The molecule has 0 aliphatic carbocycles. The van der Waals surface area contributed by atoms with E-state index in [9.17, 15) is 4.79 Å². The van der Waals surface area contributed by atoms with Gasteiger partial charge in [0.15, 0.2) is 23.0 Å². The number of carbonyl (C=O) groups excluding carboxylic acids is 1. The SMILES string of the molecule is O=C(CCN1CCCCC1)N(Cc1ccc2c(c1)OCO2)Cc1ccc2c(c1)OCO2. The van der Waals surface area contributed by atoms with Crippen molar-refractivity contribution in [1.82, 2.24) is 9.80 Å². The van der Waals surface area contributed by atoms with E-state index >= 15 is 0 Å². The van der Waals surface area contributed by atoms with Crippen molar-refractivity contribution in [2.24, 2.45) is 0 Å². The Morgan fingerprint density at radius 1 is 0.774 bits per heavy atom. The zero-order chi connectivity index (χ0) is 21.0. The standard InChI is InChI=1S/C24H28N2O5/c27-24(8-11-25-9-2-1-3-10-25)26(14-18-4-6-20-22(12-18)30-16-28-20)15-19-5-7-21-23(13-19)31-17-29-21/h4-7,12-13H,1-3,8-11,14-17H2. The fourth-order valence-corrected chi connectivity index (χ4v) is 4.35. The van der Waals surface area contributed by atoms with Gasteiger partial charge in [-0.25, -0.2) is 0 Å². The lowest BCUT2D eigenvalue weighted by molar-refractivity contribution is -0.132. The van der Waals surface area contributed by atoms with Gasteiger partial charge in [-0.05, 0) is 61.3 Å². The zero-order valence-electron chi connectivity index (χ0n) is 17.7. The molecule has 3 heterocycles. The van der Waals surface area contributed by atoms with E-state index in [0.717, 1.165) is 53.8 Å². The number of likely N-dealkylation sites (tertiary alicyclic amines) is 1. The van der Waals surface area contributed by atoms with Crippen molar-refractivity contribution in [1.29, 1.82) is 0 Å². The molecule has 7 heteroatoms. The number of piperidine rings is 1. The number of ether oxygens (including phenoxy) is 4. The second-order valence-electron chi connectivity index (χ2n) is 8.28. The van der Waals surface area contributed by atoms with Crippen LogP contribution in [0.15, 0.2) is 36.4 Å². The number of fused-ring (bicyclic) bond motifs is 2. The summed E-state index contributed by atoms with van der Waals surface area (Å²) >= 11 is 0. The van der Waals surface area contributed by atoms with Gasteiger partial charge < -0.3 is 28.7 Å². The quantitative estimate of drug-likeness (QED) is 0.678. The van der Waals surface area contributed by atoms with E-state index in [1.54, 1.807) is 0 Å². The van der Waals surface area contributed by atoms with Crippen LogP contribution in [0.1, 0.15) is 36.8 Å². The molecule has 31 heavy (non-hydrogen) atoms. The van der Waals surface area contributed by atoms with Crippen LogP contribution in [0.4, 0.5) is 0 Å². The number of benzene rings is 2. The summed E-state index contributed by atoms with van der Waals surface area (Å²) in [6.45, 7) is 4.53. The molecule has 3 aliphatic heterocycles. The highest BCUT2D eigenvalue weighted by Gasteiger charge is 2.21. The van der Waals surface area contributed by atoms with Gasteiger partial charge in [-0.3, -0.25) is 4.79 Å². The number of hydrogen-bond acceptors (Lipinski definition) is 6. The van der Waals surface area contributed by atoms with Crippen LogP contribution in [0, 0.1) is 0 Å². The van der Waals surface area contributed by atoms with Gasteiger partial charge in [0.2, 0.25) is 19.5 Å². The maximum atomic E-state index is 13.2. The Kier molecular flexibility index (Phi) is 5.84. The summed E-state index contributed by atoms with van der Waals surface area (Å²) in [5.41, 5.74) is 2.05. The van der Waals surface area contributed by atoms with Crippen molar-refractivity contribution in [3.63, 3.8) is 0 Å². The molecular formula is C24H28N2O5. The van der Waals surface area contributed by atoms with Gasteiger partial charge in [0.05, 0.1) is 0 Å². The molecule has 1 fully saturated rings. The van der Waals surface area contributed by atoms with Gasteiger partial charge >= 0.3 is 0 Å². The van der Waals surface area contributed by atoms with Crippen LogP contribution >= 0.6 is 0 Å². The molecule has 5 rings (SSSR count). The van der Waals surface area contributed by atoms with Crippen LogP contribution in [-0.4, -0.2) is 48.9 Å². The summed E-state index contributed by atoms with van der Waals surface area (Å²) < 4.78 is 21.9. The lowest BCUT2D eigenvalue weighted by atomic mass is 10.1. The molecular weight excluding hydrogens is 396 g/mol. The largest absolute Gasteiger partial charge is 0.454 e. The van der Waals surface area contributed by atoms with E-state index < -0.39 is 0 Å². The smallest absolute Gasteiger partial charge is 0.231 e. The highest BCUT2D eigenvalue weighted by Crippen LogP contribution is 2.34. The van der Waals surface area contributed by atoms with E-state index in [-0.39, 0.29) is 19.5 Å². The average Bonchev–Trinajstić information content (AvgIpc) is 3.46. The van der Waals surface area contributed by atoms with Crippen LogP contribution in [-0.2, 0) is 17.9 Å². The number of carbonyl (C=O) groups is 1. The first-order valence-corrected chi connectivity index (χ1v) is 11.0. The third-order valence-corrected chi connectivity index (χ3v) is 6.06. The molecule has 0 saturated carbocycles. The molecule has 2 aromatic carbocycles. The predicted octanol–water partition coefficient (Wildman–Crippen LogP) is 3.55. The fraction of sp³-hybridized carbons (Fsp3) is 0.458. The minimum atomic E-state index is 0.154. The van der Waals surface area contributed by atoms with Gasteiger partial charge in [0, 0.05) is 26.1 Å². The Labute approximate surface area is 182 Å². The highest BCUT2D eigenvalue weighted by atomic mass is 16.7. The zero-order valence-corrected chi connectivity index (χ0v) is 17.7. The van der Waals surface area contributed by atoms with Crippen LogP contribution in [0.3, 0.4) is 0 Å². The van der Waals surface area contributed by atoms with Crippen molar-refractivity contribution < 1.29 is 23.7 Å². The first-order chi connectivity index (χ1) is 15.2. The second-order valence-corrected chi connectivity index (χ2v) is 8.28. The molecule has 0 atom stereocenters. The summed E-state index contributed by atoms with van der Waals surface area (Å²) in [6.07, 6.45) is 4.28. The monoisotopic (exact) mass is 424 g/mol. The minimum Gasteiger partial charge on any atom is -0.454 e. The maximum absolute atomic E-state index is 13.2. The molecule has 164 valence electrons. The highest BCUT2D eigenvalue weighted by molar-refractivity contribution is 5.76. The fourth-order valence-electron chi connectivity index (χ4n) is 4.35. The molecule has 0 aromatic heterocycles.